The van der Waals surface area contributed by atoms with E-state index in [1.807, 2.05) is 25.1 Å². The molecule has 3 heteroatoms. The van der Waals surface area contributed by atoms with Crippen molar-refractivity contribution < 1.29 is 4.42 Å². The average molecular weight is 238 g/mol. The Morgan fingerprint density at radius 2 is 2.06 bits per heavy atom. The Kier molecular flexibility index (Phi) is 2.61. The number of nitrogens with two attached hydrogens (primary N) is 1. The summed E-state index contributed by atoms with van der Waals surface area (Å²) in [6, 6.07) is 12.3. The van der Waals surface area contributed by atoms with Crippen LogP contribution in [-0.2, 0) is 6.54 Å². The van der Waals surface area contributed by atoms with Gasteiger partial charge in [0, 0.05) is 16.6 Å². The lowest BCUT2D eigenvalue weighted by molar-refractivity contribution is 0.513. The average Bonchev–Trinajstić information content (AvgIpc) is 2.86. The van der Waals surface area contributed by atoms with E-state index in [1.165, 1.54) is 0 Å². The molecule has 0 fully saturated rings. The zero-order valence-corrected chi connectivity index (χ0v) is 10.2. The number of rotatable bonds is 2. The van der Waals surface area contributed by atoms with Gasteiger partial charge in [-0.1, -0.05) is 12.1 Å². The Bertz CT molecular complexity index is 701. The van der Waals surface area contributed by atoms with E-state index in [2.05, 4.69) is 23.2 Å². The Hall–Kier alpha value is -2.13. The summed E-state index contributed by atoms with van der Waals surface area (Å²) >= 11 is 0. The highest BCUT2D eigenvalue weighted by atomic mass is 16.3. The second kappa shape index (κ2) is 4.27. The Morgan fingerprint density at radius 1 is 1.17 bits per heavy atom. The molecular weight excluding hydrogens is 224 g/mol. The number of pyridine rings is 1. The first-order valence-electron chi connectivity index (χ1n) is 5.92. The predicted octanol–water partition coefficient (Wildman–Crippen LogP) is 3.26. The fourth-order valence-corrected chi connectivity index (χ4v) is 2.15. The third-order valence-electron chi connectivity index (χ3n) is 3.07. The van der Waals surface area contributed by atoms with Crippen molar-refractivity contribution in [3.63, 3.8) is 0 Å². The third kappa shape index (κ3) is 1.79. The summed E-state index contributed by atoms with van der Waals surface area (Å²) in [5.41, 5.74) is 9.87. The highest BCUT2D eigenvalue weighted by Gasteiger charge is 2.07. The van der Waals surface area contributed by atoms with E-state index in [-0.39, 0.29) is 0 Å². The fraction of sp³-hybridized carbons (Fsp3) is 0.133. The van der Waals surface area contributed by atoms with Crippen LogP contribution in [0.15, 0.2) is 47.1 Å². The smallest absolute Gasteiger partial charge is 0.125 e. The summed E-state index contributed by atoms with van der Waals surface area (Å²) in [4.78, 5) is 4.49. The molecule has 0 aliphatic heterocycles. The Morgan fingerprint density at radius 3 is 2.89 bits per heavy atom. The molecule has 2 heterocycles. The van der Waals surface area contributed by atoms with Gasteiger partial charge in [0.05, 0.1) is 18.3 Å². The highest BCUT2D eigenvalue weighted by Crippen LogP contribution is 2.27. The molecule has 0 saturated heterocycles. The van der Waals surface area contributed by atoms with Crippen molar-refractivity contribution in [1.29, 1.82) is 0 Å². The number of furan rings is 1. The molecule has 0 unspecified atom stereocenters. The van der Waals surface area contributed by atoms with Gasteiger partial charge in [-0.05, 0) is 36.8 Å². The van der Waals surface area contributed by atoms with Gasteiger partial charge in [-0.25, -0.2) is 0 Å². The molecule has 0 atom stereocenters. The molecule has 0 aliphatic rings. The Labute approximate surface area is 105 Å². The molecule has 1 aromatic carbocycles. The van der Waals surface area contributed by atoms with Gasteiger partial charge in [0.25, 0.3) is 0 Å². The number of aryl methyl sites for hydroxylation is 1. The van der Waals surface area contributed by atoms with Crippen molar-refractivity contribution in [2.75, 3.05) is 0 Å². The number of aromatic nitrogens is 1. The lowest BCUT2D eigenvalue weighted by Gasteiger charge is -2.04. The summed E-state index contributed by atoms with van der Waals surface area (Å²) in [5, 5.41) is 1.13. The molecule has 3 rings (SSSR count). The highest BCUT2D eigenvalue weighted by molar-refractivity contribution is 5.84. The van der Waals surface area contributed by atoms with Crippen LogP contribution in [0.25, 0.3) is 22.0 Å². The second-order valence-electron chi connectivity index (χ2n) is 4.32. The van der Waals surface area contributed by atoms with E-state index in [4.69, 9.17) is 10.2 Å². The van der Waals surface area contributed by atoms with E-state index in [0.717, 1.165) is 33.5 Å². The standard InChI is InChI=1S/C15H14N2O/c1-10-2-3-12-8-11(4-5-14(12)17-10)13-6-7-18-15(13)9-16/h2-8H,9,16H2,1H3. The second-order valence-corrected chi connectivity index (χ2v) is 4.32. The van der Waals surface area contributed by atoms with Crippen LogP contribution in [0.3, 0.4) is 0 Å². The minimum atomic E-state index is 0.409. The van der Waals surface area contributed by atoms with E-state index in [9.17, 15) is 0 Å². The molecule has 3 nitrogen and oxygen atoms in total. The van der Waals surface area contributed by atoms with Gasteiger partial charge in [-0.2, -0.15) is 0 Å². The maximum Gasteiger partial charge on any atom is 0.125 e. The van der Waals surface area contributed by atoms with Gasteiger partial charge < -0.3 is 10.2 Å². The molecule has 0 saturated carbocycles. The van der Waals surface area contributed by atoms with Crippen molar-refractivity contribution in [2.45, 2.75) is 13.5 Å². The number of hydrogen-bond acceptors (Lipinski definition) is 3. The molecule has 0 spiro atoms. The number of fused-ring (bicyclic) bond motifs is 1. The van der Waals surface area contributed by atoms with E-state index in [1.54, 1.807) is 6.26 Å². The third-order valence-corrected chi connectivity index (χ3v) is 3.07. The van der Waals surface area contributed by atoms with Gasteiger partial charge in [0.15, 0.2) is 0 Å². The van der Waals surface area contributed by atoms with Gasteiger partial charge in [-0.15, -0.1) is 0 Å². The van der Waals surface area contributed by atoms with Crippen LogP contribution < -0.4 is 5.73 Å². The molecule has 18 heavy (non-hydrogen) atoms. The first-order valence-corrected chi connectivity index (χ1v) is 5.92. The maximum atomic E-state index is 5.66. The van der Waals surface area contributed by atoms with Crippen LogP contribution in [-0.4, -0.2) is 4.98 Å². The summed E-state index contributed by atoms with van der Waals surface area (Å²) in [6.45, 7) is 2.41. The van der Waals surface area contributed by atoms with Gasteiger partial charge in [0.2, 0.25) is 0 Å². The molecule has 0 bridgehead atoms. The lowest BCUT2D eigenvalue weighted by atomic mass is 10.0. The predicted molar refractivity (Wildman–Crippen MR) is 72.1 cm³/mol. The van der Waals surface area contributed by atoms with E-state index in [0.29, 0.717) is 6.54 Å². The van der Waals surface area contributed by atoms with Crippen LogP contribution in [0.1, 0.15) is 11.5 Å². The van der Waals surface area contributed by atoms with Crippen molar-refractivity contribution in [1.82, 2.24) is 4.98 Å². The SMILES string of the molecule is Cc1ccc2cc(-c3ccoc3CN)ccc2n1. The number of benzene rings is 1. The van der Waals surface area contributed by atoms with Crippen LogP contribution in [0.4, 0.5) is 0 Å². The minimum Gasteiger partial charge on any atom is -0.467 e. The molecule has 0 aliphatic carbocycles. The maximum absolute atomic E-state index is 5.66. The summed E-state index contributed by atoms with van der Waals surface area (Å²) in [6.07, 6.45) is 1.68. The molecule has 90 valence electrons. The largest absolute Gasteiger partial charge is 0.467 e. The normalized spacial score (nSPS) is 11.0. The van der Waals surface area contributed by atoms with Crippen LogP contribution >= 0.6 is 0 Å². The van der Waals surface area contributed by atoms with Gasteiger partial charge in [-0.3, -0.25) is 4.98 Å². The zero-order valence-electron chi connectivity index (χ0n) is 10.2. The molecule has 3 aromatic rings. The number of hydrogen-bond donors (Lipinski definition) is 1. The monoisotopic (exact) mass is 238 g/mol. The summed E-state index contributed by atoms with van der Waals surface area (Å²) in [5.74, 6) is 0.814. The first kappa shape index (κ1) is 11.0. The Balaban J connectivity index is 2.16. The minimum absolute atomic E-state index is 0.409. The topological polar surface area (TPSA) is 52.0 Å². The van der Waals surface area contributed by atoms with Gasteiger partial charge in [0.1, 0.15) is 5.76 Å². The van der Waals surface area contributed by atoms with Crippen molar-refractivity contribution in [2.24, 2.45) is 5.73 Å². The van der Waals surface area contributed by atoms with Crippen molar-refractivity contribution in [3.05, 3.63) is 54.1 Å². The van der Waals surface area contributed by atoms with Crippen LogP contribution in [0, 0.1) is 6.92 Å². The molecule has 0 radical (unpaired) electrons. The summed E-state index contributed by atoms with van der Waals surface area (Å²) in [7, 11) is 0. The van der Waals surface area contributed by atoms with Crippen LogP contribution in [0.2, 0.25) is 0 Å². The number of nitrogens with zero attached hydrogens (tertiary/aromatic N) is 1. The fourth-order valence-electron chi connectivity index (χ4n) is 2.15. The van der Waals surface area contributed by atoms with Crippen LogP contribution in [0.5, 0.6) is 0 Å². The van der Waals surface area contributed by atoms with Crippen molar-refractivity contribution >= 4 is 10.9 Å². The van der Waals surface area contributed by atoms with E-state index >= 15 is 0 Å². The zero-order chi connectivity index (χ0) is 12.5. The van der Waals surface area contributed by atoms with E-state index < -0.39 is 0 Å². The molecule has 2 N–H and O–H groups in total. The summed E-state index contributed by atoms with van der Waals surface area (Å²) < 4.78 is 5.36. The van der Waals surface area contributed by atoms with Crippen molar-refractivity contribution in [3.8, 4) is 11.1 Å². The molecule has 2 aromatic heterocycles. The van der Waals surface area contributed by atoms with Gasteiger partial charge >= 0.3 is 0 Å². The molecule has 0 amide bonds. The molecular formula is C15H14N2O. The quantitative estimate of drug-likeness (QED) is 0.745. The lowest BCUT2D eigenvalue weighted by Crippen LogP contribution is -1.95. The first-order chi connectivity index (χ1) is 8.78.